The monoisotopic (exact) mass is 334 g/mol. The lowest BCUT2D eigenvalue weighted by Crippen LogP contribution is -2.49. The number of aromatic nitrogens is 2. The molecule has 0 N–H and O–H groups in total. The van der Waals surface area contributed by atoms with E-state index in [-0.39, 0.29) is 0 Å². The van der Waals surface area contributed by atoms with Gasteiger partial charge in [0.1, 0.15) is 0 Å². The fourth-order valence-electron chi connectivity index (χ4n) is 2.47. The van der Waals surface area contributed by atoms with Gasteiger partial charge in [0, 0.05) is 38.4 Å². The maximum Gasteiger partial charge on any atom is 0.243 e. The molecule has 2 aromatic rings. The van der Waals surface area contributed by atoms with E-state index in [1.165, 1.54) is 4.31 Å². The third-order valence-corrected chi connectivity index (χ3v) is 5.64. The third-order valence-electron chi connectivity index (χ3n) is 3.73. The number of ether oxygens (including phenoxy) is 1. The molecule has 1 saturated heterocycles. The molecule has 1 aliphatic rings. The summed E-state index contributed by atoms with van der Waals surface area (Å²) in [6.45, 7) is 1.88. The van der Waals surface area contributed by atoms with Crippen molar-refractivity contribution in [2.45, 2.75) is 4.90 Å². The fourth-order valence-corrected chi connectivity index (χ4v) is 3.91. The van der Waals surface area contributed by atoms with Gasteiger partial charge in [0.05, 0.1) is 12.0 Å². The van der Waals surface area contributed by atoms with Crippen molar-refractivity contribution in [1.29, 1.82) is 0 Å². The minimum atomic E-state index is -3.44. The average Bonchev–Trinajstić information content (AvgIpc) is 2.62. The standard InChI is InChI=1S/C15H18N4O3S/c1-22-14-7-8-16-15(17-14)18-9-11-19(12-10-18)23(20,21)13-5-3-2-4-6-13/h2-8H,9-12H2,1H3. The molecule has 0 amide bonds. The Morgan fingerprint density at radius 2 is 1.74 bits per heavy atom. The number of methoxy groups -OCH3 is 1. The first-order valence-corrected chi connectivity index (χ1v) is 8.72. The first-order chi connectivity index (χ1) is 11.1. The van der Waals surface area contributed by atoms with E-state index in [1.54, 1.807) is 49.7 Å². The van der Waals surface area contributed by atoms with Gasteiger partial charge in [-0.3, -0.25) is 0 Å². The summed E-state index contributed by atoms with van der Waals surface area (Å²) in [5.41, 5.74) is 0. The Kier molecular flexibility index (Phi) is 4.44. The van der Waals surface area contributed by atoms with Crippen LogP contribution in [0.5, 0.6) is 5.88 Å². The number of nitrogens with zero attached hydrogens (tertiary/aromatic N) is 4. The SMILES string of the molecule is COc1ccnc(N2CCN(S(=O)(=O)c3ccccc3)CC2)n1. The highest BCUT2D eigenvalue weighted by Gasteiger charge is 2.29. The van der Waals surface area contributed by atoms with E-state index in [2.05, 4.69) is 9.97 Å². The molecule has 1 fully saturated rings. The van der Waals surface area contributed by atoms with Crippen LogP contribution >= 0.6 is 0 Å². The van der Waals surface area contributed by atoms with Gasteiger partial charge in [0.15, 0.2) is 0 Å². The predicted molar refractivity (Wildman–Crippen MR) is 86.0 cm³/mol. The molecule has 0 saturated carbocycles. The minimum absolute atomic E-state index is 0.325. The lowest BCUT2D eigenvalue weighted by molar-refractivity contribution is 0.377. The van der Waals surface area contributed by atoms with Crippen molar-refractivity contribution in [2.75, 3.05) is 38.2 Å². The molecular weight excluding hydrogens is 316 g/mol. The number of hydrogen-bond acceptors (Lipinski definition) is 6. The summed E-state index contributed by atoms with van der Waals surface area (Å²) < 4.78 is 31.8. The predicted octanol–water partition coefficient (Wildman–Crippen LogP) is 0.996. The normalized spacial score (nSPS) is 16.3. The van der Waals surface area contributed by atoms with Crippen molar-refractivity contribution in [3.63, 3.8) is 0 Å². The number of sulfonamides is 1. The van der Waals surface area contributed by atoms with Crippen LogP contribution < -0.4 is 9.64 Å². The minimum Gasteiger partial charge on any atom is -0.481 e. The molecule has 3 rings (SSSR count). The summed E-state index contributed by atoms with van der Waals surface area (Å²) in [6, 6.07) is 10.2. The molecule has 0 atom stereocenters. The zero-order chi connectivity index (χ0) is 16.3. The summed E-state index contributed by atoms with van der Waals surface area (Å²) in [6.07, 6.45) is 1.63. The molecular formula is C15H18N4O3S. The van der Waals surface area contributed by atoms with E-state index in [1.807, 2.05) is 4.90 Å². The first kappa shape index (κ1) is 15.7. The number of piperazine rings is 1. The van der Waals surface area contributed by atoms with Gasteiger partial charge in [0.2, 0.25) is 21.9 Å². The Morgan fingerprint density at radius 1 is 1.04 bits per heavy atom. The maximum absolute atomic E-state index is 12.6. The van der Waals surface area contributed by atoms with Crippen LogP contribution in [0.3, 0.4) is 0 Å². The van der Waals surface area contributed by atoms with Crippen LogP contribution in [0.2, 0.25) is 0 Å². The number of hydrogen-bond donors (Lipinski definition) is 0. The fraction of sp³-hybridized carbons (Fsp3) is 0.333. The van der Waals surface area contributed by atoms with Crippen LogP contribution in [0, 0.1) is 0 Å². The van der Waals surface area contributed by atoms with Crippen LogP contribution in [-0.2, 0) is 10.0 Å². The lowest BCUT2D eigenvalue weighted by Gasteiger charge is -2.33. The Hall–Kier alpha value is -2.19. The van der Waals surface area contributed by atoms with Gasteiger partial charge in [-0.05, 0) is 12.1 Å². The number of anilines is 1. The van der Waals surface area contributed by atoms with Crippen LogP contribution in [0.25, 0.3) is 0 Å². The summed E-state index contributed by atoms with van der Waals surface area (Å²) in [5.74, 6) is 1.05. The second-order valence-electron chi connectivity index (χ2n) is 5.10. The topological polar surface area (TPSA) is 75.6 Å². The van der Waals surface area contributed by atoms with Gasteiger partial charge < -0.3 is 9.64 Å². The molecule has 0 spiro atoms. The molecule has 8 heteroatoms. The Bertz CT molecular complexity index is 759. The third kappa shape index (κ3) is 3.27. The summed E-state index contributed by atoms with van der Waals surface area (Å²) in [4.78, 5) is 10.8. The molecule has 2 heterocycles. The Labute approximate surface area is 135 Å². The van der Waals surface area contributed by atoms with E-state index in [9.17, 15) is 8.42 Å². The highest BCUT2D eigenvalue weighted by molar-refractivity contribution is 7.89. The molecule has 122 valence electrons. The molecule has 1 aromatic heterocycles. The van der Waals surface area contributed by atoms with E-state index < -0.39 is 10.0 Å². The van der Waals surface area contributed by atoms with E-state index >= 15 is 0 Å². The molecule has 23 heavy (non-hydrogen) atoms. The smallest absolute Gasteiger partial charge is 0.243 e. The van der Waals surface area contributed by atoms with Gasteiger partial charge in [0.25, 0.3) is 0 Å². The van der Waals surface area contributed by atoms with Gasteiger partial charge in [-0.2, -0.15) is 9.29 Å². The van der Waals surface area contributed by atoms with Crippen molar-refractivity contribution in [3.05, 3.63) is 42.6 Å². The Morgan fingerprint density at radius 3 is 2.39 bits per heavy atom. The van der Waals surface area contributed by atoms with Crippen LogP contribution in [0.15, 0.2) is 47.5 Å². The molecule has 0 unspecified atom stereocenters. The van der Waals surface area contributed by atoms with Gasteiger partial charge in [-0.25, -0.2) is 13.4 Å². The molecule has 1 aromatic carbocycles. The second-order valence-corrected chi connectivity index (χ2v) is 7.04. The molecule has 0 radical (unpaired) electrons. The van der Waals surface area contributed by atoms with Crippen molar-refractivity contribution in [2.24, 2.45) is 0 Å². The van der Waals surface area contributed by atoms with Crippen molar-refractivity contribution in [3.8, 4) is 5.88 Å². The second kappa shape index (κ2) is 6.51. The molecule has 1 aliphatic heterocycles. The Balaban J connectivity index is 1.71. The quantitative estimate of drug-likeness (QED) is 0.830. The zero-order valence-corrected chi connectivity index (χ0v) is 13.6. The highest BCUT2D eigenvalue weighted by Crippen LogP contribution is 2.19. The van der Waals surface area contributed by atoms with Crippen LogP contribution in [-0.4, -0.2) is 56.0 Å². The highest BCUT2D eigenvalue weighted by atomic mass is 32.2. The summed E-state index contributed by atoms with van der Waals surface area (Å²) >= 11 is 0. The van der Waals surface area contributed by atoms with E-state index in [0.717, 1.165) is 0 Å². The van der Waals surface area contributed by atoms with E-state index in [4.69, 9.17) is 4.74 Å². The average molecular weight is 334 g/mol. The van der Waals surface area contributed by atoms with Crippen LogP contribution in [0.1, 0.15) is 0 Å². The van der Waals surface area contributed by atoms with Crippen molar-refractivity contribution < 1.29 is 13.2 Å². The van der Waals surface area contributed by atoms with Gasteiger partial charge >= 0.3 is 0 Å². The summed E-state index contributed by atoms with van der Waals surface area (Å²) in [7, 11) is -1.89. The molecule has 0 bridgehead atoms. The summed E-state index contributed by atoms with van der Waals surface area (Å²) in [5, 5.41) is 0. The number of rotatable bonds is 4. The zero-order valence-electron chi connectivity index (χ0n) is 12.8. The molecule has 0 aliphatic carbocycles. The first-order valence-electron chi connectivity index (χ1n) is 7.28. The van der Waals surface area contributed by atoms with Crippen molar-refractivity contribution >= 4 is 16.0 Å². The van der Waals surface area contributed by atoms with Crippen molar-refractivity contribution in [1.82, 2.24) is 14.3 Å². The van der Waals surface area contributed by atoms with Crippen LogP contribution in [0.4, 0.5) is 5.95 Å². The van der Waals surface area contributed by atoms with Gasteiger partial charge in [-0.15, -0.1) is 0 Å². The largest absolute Gasteiger partial charge is 0.481 e. The molecule has 7 nitrogen and oxygen atoms in total. The van der Waals surface area contributed by atoms with E-state index in [0.29, 0.717) is 42.9 Å². The van der Waals surface area contributed by atoms with Gasteiger partial charge in [-0.1, -0.05) is 18.2 Å². The lowest BCUT2D eigenvalue weighted by atomic mass is 10.4. The maximum atomic E-state index is 12.6. The number of benzene rings is 1.